The molecule has 1 aromatic carbocycles. The number of rotatable bonds is 6. The summed E-state index contributed by atoms with van der Waals surface area (Å²) in [5.74, 6) is 1.01. The first-order chi connectivity index (χ1) is 9.54. The number of carbonyl (C=O) groups is 1. The number of Topliss-reactive ketones (excluding diaryl/α,β-unsaturated/α-hetero) is 1. The van der Waals surface area contributed by atoms with Crippen molar-refractivity contribution in [1.29, 1.82) is 0 Å². The van der Waals surface area contributed by atoms with Crippen LogP contribution >= 0.6 is 0 Å². The topological polar surface area (TPSA) is 23.6 Å². The van der Waals surface area contributed by atoms with Gasteiger partial charge in [0, 0.05) is 31.6 Å². The molecule has 1 unspecified atom stereocenters. The van der Waals surface area contributed by atoms with E-state index in [0.717, 1.165) is 24.6 Å². The predicted octanol–water partition coefficient (Wildman–Crippen LogP) is 2.45. The quantitative estimate of drug-likeness (QED) is 0.745. The van der Waals surface area contributed by atoms with Crippen LogP contribution in [-0.2, 0) is 0 Å². The van der Waals surface area contributed by atoms with Gasteiger partial charge in [-0.25, -0.2) is 0 Å². The van der Waals surface area contributed by atoms with Crippen LogP contribution in [0, 0.1) is 12.8 Å². The molecule has 1 fully saturated rings. The van der Waals surface area contributed by atoms with Crippen molar-refractivity contribution in [2.75, 3.05) is 40.3 Å². The fourth-order valence-corrected chi connectivity index (χ4v) is 2.88. The number of carbonyl (C=O) groups excluding carboxylic acids is 1. The average molecular weight is 274 g/mol. The van der Waals surface area contributed by atoms with E-state index in [-0.39, 0.29) is 5.78 Å². The summed E-state index contributed by atoms with van der Waals surface area (Å²) in [6.07, 6.45) is 1.90. The van der Waals surface area contributed by atoms with Crippen LogP contribution in [0.15, 0.2) is 24.3 Å². The van der Waals surface area contributed by atoms with Crippen LogP contribution in [0.5, 0.6) is 0 Å². The third-order valence-corrected chi connectivity index (χ3v) is 4.15. The van der Waals surface area contributed by atoms with Crippen molar-refractivity contribution in [3.05, 3.63) is 35.4 Å². The molecular formula is C17H26N2O. The molecule has 1 saturated heterocycles. The molecule has 0 N–H and O–H groups in total. The summed E-state index contributed by atoms with van der Waals surface area (Å²) >= 11 is 0. The van der Waals surface area contributed by atoms with Gasteiger partial charge >= 0.3 is 0 Å². The molecule has 1 aliphatic rings. The predicted molar refractivity (Wildman–Crippen MR) is 83.2 cm³/mol. The number of nitrogens with zero attached hydrogens (tertiary/aromatic N) is 2. The number of hydrogen-bond acceptors (Lipinski definition) is 3. The molecule has 0 aliphatic carbocycles. The molecule has 1 heterocycles. The Hall–Kier alpha value is -1.19. The monoisotopic (exact) mass is 274 g/mol. The number of aryl methyl sites for hydroxylation is 1. The Morgan fingerprint density at radius 3 is 2.65 bits per heavy atom. The zero-order chi connectivity index (χ0) is 14.5. The third-order valence-electron chi connectivity index (χ3n) is 4.15. The molecular weight excluding hydrogens is 248 g/mol. The van der Waals surface area contributed by atoms with Crippen LogP contribution in [0.2, 0.25) is 0 Å². The van der Waals surface area contributed by atoms with E-state index >= 15 is 0 Å². The second-order valence-electron chi connectivity index (χ2n) is 6.22. The zero-order valence-corrected chi connectivity index (χ0v) is 12.9. The molecule has 110 valence electrons. The summed E-state index contributed by atoms with van der Waals surface area (Å²) in [5.41, 5.74) is 2.04. The van der Waals surface area contributed by atoms with E-state index < -0.39 is 0 Å². The Balaban J connectivity index is 1.74. The zero-order valence-electron chi connectivity index (χ0n) is 12.9. The highest BCUT2D eigenvalue weighted by Gasteiger charge is 2.20. The lowest BCUT2D eigenvalue weighted by atomic mass is 10.1. The van der Waals surface area contributed by atoms with Crippen molar-refractivity contribution in [3.63, 3.8) is 0 Å². The smallest absolute Gasteiger partial charge is 0.164 e. The van der Waals surface area contributed by atoms with E-state index in [4.69, 9.17) is 0 Å². The highest BCUT2D eigenvalue weighted by molar-refractivity contribution is 5.96. The summed E-state index contributed by atoms with van der Waals surface area (Å²) in [6.45, 7) is 6.40. The first kappa shape index (κ1) is 15.2. The molecule has 0 saturated carbocycles. The molecule has 3 nitrogen and oxygen atoms in total. The maximum atomic E-state index is 12.1. The van der Waals surface area contributed by atoms with Gasteiger partial charge < -0.3 is 9.80 Å². The number of benzene rings is 1. The van der Waals surface area contributed by atoms with E-state index in [9.17, 15) is 4.79 Å². The van der Waals surface area contributed by atoms with Crippen LogP contribution in [-0.4, -0.2) is 55.9 Å². The Morgan fingerprint density at radius 2 is 2.05 bits per heavy atom. The lowest BCUT2D eigenvalue weighted by molar-refractivity contribution is 0.0966. The largest absolute Gasteiger partial charge is 0.306 e. The second kappa shape index (κ2) is 7.00. The van der Waals surface area contributed by atoms with Crippen molar-refractivity contribution in [1.82, 2.24) is 9.80 Å². The Kier molecular flexibility index (Phi) is 5.32. The number of hydrogen-bond donors (Lipinski definition) is 0. The number of ketones is 1. The van der Waals surface area contributed by atoms with Crippen molar-refractivity contribution >= 4 is 5.78 Å². The Labute approximate surface area is 122 Å². The van der Waals surface area contributed by atoms with Gasteiger partial charge in [-0.1, -0.05) is 29.8 Å². The summed E-state index contributed by atoms with van der Waals surface area (Å²) < 4.78 is 0. The normalized spacial score (nSPS) is 19.7. The fraction of sp³-hybridized carbons (Fsp3) is 0.588. The summed E-state index contributed by atoms with van der Waals surface area (Å²) in [7, 11) is 4.31. The highest BCUT2D eigenvalue weighted by Crippen LogP contribution is 2.15. The highest BCUT2D eigenvalue weighted by atomic mass is 16.1. The SMILES string of the molecule is Cc1ccc(C(=O)CCN(C)CC2CCN(C)C2)cc1. The van der Waals surface area contributed by atoms with Gasteiger partial charge in [-0.05, 0) is 39.9 Å². The van der Waals surface area contributed by atoms with Gasteiger partial charge in [-0.2, -0.15) is 0 Å². The lowest BCUT2D eigenvalue weighted by Gasteiger charge is -2.20. The maximum Gasteiger partial charge on any atom is 0.164 e. The third kappa shape index (κ3) is 4.43. The van der Waals surface area contributed by atoms with Crippen molar-refractivity contribution in [2.24, 2.45) is 5.92 Å². The first-order valence-corrected chi connectivity index (χ1v) is 7.51. The number of likely N-dealkylation sites (tertiary alicyclic amines) is 1. The van der Waals surface area contributed by atoms with Crippen molar-refractivity contribution in [2.45, 2.75) is 19.8 Å². The second-order valence-corrected chi connectivity index (χ2v) is 6.22. The van der Waals surface area contributed by atoms with E-state index in [1.54, 1.807) is 0 Å². The molecule has 0 spiro atoms. The van der Waals surface area contributed by atoms with Gasteiger partial charge in [0.25, 0.3) is 0 Å². The molecule has 0 aromatic heterocycles. The van der Waals surface area contributed by atoms with E-state index in [1.165, 1.54) is 25.1 Å². The average Bonchev–Trinajstić information content (AvgIpc) is 2.82. The molecule has 0 bridgehead atoms. The van der Waals surface area contributed by atoms with E-state index in [1.807, 2.05) is 31.2 Å². The van der Waals surface area contributed by atoms with Gasteiger partial charge in [0.15, 0.2) is 5.78 Å². The molecule has 2 rings (SSSR count). The lowest BCUT2D eigenvalue weighted by Crippen LogP contribution is -2.29. The van der Waals surface area contributed by atoms with Gasteiger partial charge in [-0.15, -0.1) is 0 Å². The maximum absolute atomic E-state index is 12.1. The summed E-state index contributed by atoms with van der Waals surface area (Å²) in [4.78, 5) is 16.8. The van der Waals surface area contributed by atoms with Crippen LogP contribution in [0.25, 0.3) is 0 Å². The van der Waals surface area contributed by atoms with Crippen molar-refractivity contribution < 1.29 is 4.79 Å². The van der Waals surface area contributed by atoms with E-state index in [0.29, 0.717) is 6.42 Å². The molecule has 1 aliphatic heterocycles. The van der Waals surface area contributed by atoms with Crippen LogP contribution in [0.1, 0.15) is 28.8 Å². The minimum absolute atomic E-state index is 0.250. The molecule has 0 radical (unpaired) electrons. The summed E-state index contributed by atoms with van der Waals surface area (Å²) in [6, 6.07) is 7.88. The molecule has 3 heteroatoms. The minimum Gasteiger partial charge on any atom is -0.306 e. The van der Waals surface area contributed by atoms with Gasteiger partial charge in [-0.3, -0.25) is 4.79 Å². The standard InChI is InChI=1S/C17H26N2O/c1-14-4-6-16(7-5-14)17(20)9-11-19(3)13-15-8-10-18(2)12-15/h4-7,15H,8-13H2,1-3H3. The van der Waals surface area contributed by atoms with E-state index in [2.05, 4.69) is 23.9 Å². The molecule has 20 heavy (non-hydrogen) atoms. The van der Waals surface area contributed by atoms with Crippen molar-refractivity contribution in [3.8, 4) is 0 Å². The Morgan fingerprint density at radius 1 is 1.35 bits per heavy atom. The molecule has 1 atom stereocenters. The minimum atomic E-state index is 0.250. The van der Waals surface area contributed by atoms with Gasteiger partial charge in [0.05, 0.1) is 0 Å². The Bertz CT molecular complexity index is 441. The van der Waals surface area contributed by atoms with Gasteiger partial charge in [0.1, 0.15) is 0 Å². The summed E-state index contributed by atoms with van der Waals surface area (Å²) in [5, 5.41) is 0. The first-order valence-electron chi connectivity index (χ1n) is 7.51. The van der Waals surface area contributed by atoms with Gasteiger partial charge in [0.2, 0.25) is 0 Å². The molecule has 1 aromatic rings. The van der Waals surface area contributed by atoms with Crippen LogP contribution in [0.4, 0.5) is 0 Å². The van der Waals surface area contributed by atoms with Crippen LogP contribution < -0.4 is 0 Å². The fourth-order valence-electron chi connectivity index (χ4n) is 2.88. The van der Waals surface area contributed by atoms with Crippen LogP contribution in [0.3, 0.4) is 0 Å². The molecule has 0 amide bonds.